The summed E-state index contributed by atoms with van der Waals surface area (Å²) in [7, 11) is 5.13. The molecule has 5 nitrogen and oxygen atoms in total. The summed E-state index contributed by atoms with van der Waals surface area (Å²) in [6.07, 6.45) is 18.5. The van der Waals surface area contributed by atoms with Crippen molar-refractivity contribution in [3.63, 3.8) is 0 Å². The molecule has 0 fully saturated rings. The van der Waals surface area contributed by atoms with Gasteiger partial charge < -0.3 is 9.47 Å². The van der Waals surface area contributed by atoms with Gasteiger partial charge in [-0.2, -0.15) is 15.5 Å². The quantitative estimate of drug-likeness (QED) is 0.109. The summed E-state index contributed by atoms with van der Waals surface area (Å²) in [6.45, 7) is 2.27. The summed E-state index contributed by atoms with van der Waals surface area (Å²) in [4.78, 5) is 0. The summed E-state index contributed by atoms with van der Waals surface area (Å²) in [5, 5.41) is 19.2. The molecule has 0 radical (unpaired) electrons. The predicted octanol–water partition coefficient (Wildman–Crippen LogP) is 10.0. The van der Waals surface area contributed by atoms with E-state index in [4.69, 9.17) is 9.47 Å². The van der Waals surface area contributed by atoms with Crippen LogP contribution in [0, 0.1) is 11.3 Å². The number of azo groups is 1. The molecule has 0 saturated heterocycles. The molecule has 0 aromatic heterocycles. The smallest absolute Gasteiger partial charge is 0.118 e. The van der Waals surface area contributed by atoms with E-state index in [9.17, 15) is 5.26 Å². The second-order valence-electron chi connectivity index (χ2n) is 11.1. The van der Waals surface area contributed by atoms with Crippen molar-refractivity contribution in [2.45, 2.75) is 121 Å². The van der Waals surface area contributed by atoms with Gasteiger partial charge in [-0.1, -0.05) is 95.4 Å². The summed E-state index contributed by atoms with van der Waals surface area (Å²) in [5.74, 6) is 1.71. The van der Waals surface area contributed by atoms with Crippen molar-refractivity contribution in [2.75, 3.05) is 21.3 Å². The van der Waals surface area contributed by atoms with Gasteiger partial charge in [-0.15, -0.1) is 0 Å². The van der Waals surface area contributed by atoms with Gasteiger partial charge in [-0.25, -0.2) is 0 Å². The van der Waals surface area contributed by atoms with Crippen molar-refractivity contribution in [2.24, 2.45) is 10.2 Å². The standard InChI is InChI=1S/C35H53N3O2/c1-5-6-7-8-9-10-11-12-13-14-27-35(29-36,31-20-25-34(40-4)26-21-31)28-15-16-32(38-37-2)22-17-30-18-23-33(39-3)24-19-30/h18-21,23-26,32H,5-17,22,27-28H2,1-4H3. The predicted molar refractivity (Wildman–Crippen MR) is 166 cm³/mol. The minimum atomic E-state index is -0.476. The van der Waals surface area contributed by atoms with Gasteiger partial charge in [-0.3, -0.25) is 0 Å². The molecule has 2 aromatic rings. The molecule has 0 saturated carbocycles. The van der Waals surface area contributed by atoms with Gasteiger partial charge in [0.2, 0.25) is 0 Å². The molecule has 2 unspecified atom stereocenters. The Labute approximate surface area is 244 Å². The van der Waals surface area contributed by atoms with Crippen LogP contribution >= 0.6 is 0 Å². The molecule has 2 rings (SSSR count). The molecule has 0 heterocycles. The second kappa shape index (κ2) is 20.1. The lowest BCUT2D eigenvalue weighted by molar-refractivity contribution is 0.397. The van der Waals surface area contributed by atoms with E-state index in [1.54, 1.807) is 21.3 Å². The van der Waals surface area contributed by atoms with Crippen molar-refractivity contribution in [3.8, 4) is 17.6 Å². The lowest BCUT2D eigenvalue weighted by Crippen LogP contribution is -2.25. The molecule has 0 aliphatic carbocycles. The van der Waals surface area contributed by atoms with Gasteiger partial charge in [0, 0.05) is 7.05 Å². The summed E-state index contributed by atoms with van der Waals surface area (Å²) >= 11 is 0. The van der Waals surface area contributed by atoms with Crippen LogP contribution in [-0.2, 0) is 11.8 Å². The Balaban J connectivity index is 1.93. The fourth-order valence-corrected chi connectivity index (χ4v) is 5.60. The molecule has 5 heteroatoms. The number of nitrogens with zero attached hydrogens (tertiary/aromatic N) is 3. The molecule has 2 aromatic carbocycles. The molecule has 0 amide bonds. The van der Waals surface area contributed by atoms with Crippen LogP contribution in [0.1, 0.15) is 114 Å². The van der Waals surface area contributed by atoms with Crippen molar-refractivity contribution in [1.29, 1.82) is 5.26 Å². The zero-order chi connectivity index (χ0) is 28.9. The topological polar surface area (TPSA) is 67.0 Å². The van der Waals surface area contributed by atoms with Crippen LogP contribution in [0.15, 0.2) is 58.8 Å². The molecular weight excluding hydrogens is 494 g/mol. The minimum Gasteiger partial charge on any atom is -0.497 e. The average Bonchev–Trinajstić information content (AvgIpc) is 3.00. The number of ether oxygens (including phenoxy) is 2. The third-order valence-corrected chi connectivity index (χ3v) is 8.16. The molecule has 0 bridgehead atoms. The SMILES string of the molecule is CCCCCCCCCCCCC(C#N)(CCCC(CCc1ccc(OC)cc1)N=NC)c1ccc(OC)cc1. The maximum atomic E-state index is 10.5. The number of hydrogen-bond acceptors (Lipinski definition) is 5. The van der Waals surface area contributed by atoms with E-state index < -0.39 is 5.41 Å². The van der Waals surface area contributed by atoms with Crippen LogP contribution in [0.25, 0.3) is 0 Å². The van der Waals surface area contributed by atoms with Gasteiger partial charge in [0.1, 0.15) is 11.5 Å². The van der Waals surface area contributed by atoms with Crippen molar-refractivity contribution < 1.29 is 9.47 Å². The Morgan fingerprint density at radius 3 is 1.77 bits per heavy atom. The lowest BCUT2D eigenvalue weighted by Gasteiger charge is -2.28. The van der Waals surface area contributed by atoms with Gasteiger partial charge in [-0.05, 0) is 73.9 Å². The monoisotopic (exact) mass is 547 g/mol. The van der Waals surface area contributed by atoms with E-state index in [1.807, 2.05) is 24.3 Å². The van der Waals surface area contributed by atoms with Gasteiger partial charge in [0.15, 0.2) is 0 Å². The molecule has 0 aliphatic rings. The Morgan fingerprint density at radius 2 is 1.25 bits per heavy atom. The van der Waals surface area contributed by atoms with Crippen LogP contribution in [-0.4, -0.2) is 27.3 Å². The number of hydrogen-bond donors (Lipinski definition) is 0. The van der Waals surface area contributed by atoms with Crippen molar-refractivity contribution >= 4 is 0 Å². The molecule has 220 valence electrons. The van der Waals surface area contributed by atoms with Crippen molar-refractivity contribution in [1.82, 2.24) is 0 Å². The Hall–Kier alpha value is -2.87. The van der Waals surface area contributed by atoms with Gasteiger partial charge in [0.25, 0.3) is 0 Å². The molecule has 0 spiro atoms. The van der Waals surface area contributed by atoms with E-state index in [-0.39, 0.29) is 6.04 Å². The average molecular weight is 548 g/mol. The van der Waals surface area contributed by atoms with Crippen LogP contribution in [0.2, 0.25) is 0 Å². The largest absolute Gasteiger partial charge is 0.497 e. The first-order valence-electron chi connectivity index (χ1n) is 15.6. The maximum absolute atomic E-state index is 10.5. The summed E-state index contributed by atoms with van der Waals surface area (Å²) in [5.41, 5.74) is 1.91. The highest BCUT2D eigenvalue weighted by Crippen LogP contribution is 2.36. The zero-order valence-electron chi connectivity index (χ0n) is 25.7. The molecule has 0 N–H and O–H groups in total. The van der Waals surface area contributed by atoms with E-state index in [1.165, 1.54) is 63.4 Å². The molecular formula is C35H53N3O2. The number of methoxy groups -OCH3 is 2. The first-order chi connectivity index (χ1) is 19.6. The molecule has 0 aliphatic heterocycles. The Morgan fingerprint density at radius 1 is 0.725 bits per heavy atom. The summed E-state index contributed by atoms with van der Waals surface area (Å²) < 4.78 is 10.7. The highest BCUT2D eigenvalue weighted by molar-refractivity contribution is 5.37. The normalized spacial score (nSPS) is 13.6. The van der Waals surface area contributed by atoms with E-state index in [2.05, 4.69) is 47.5 Å². The van der Waals surface area contributed by atoms with Crippen LogP contribution in [0.5, 0.6) is 11.5 Å². The van der Waals surface area contributed by atoms with Crippen LogP contribution in [0.4, 0.5) is 0 Å². The number of aryl methyl sites for hydroxylation is 1. The first-order valence-corrected chi connectivity index (χ1v) is 15.6. The fraction of sp³-hybridized carbons (Fsp3) is 0.629. The number of rotatable bonds is 22. The number of unbranched alkanes of at least 4 members (excludes halogenated alkanes) is 9. The number of nitriles is 1. The van der Waals surface area contributed by atoms with Gasteiger partial charge in [0.05, 0.1) is 31.7 Å². The highest BCUT2D eigenvalue weighted by atomic mass is 16.5. The number of benzene rings is 2. The first kappa shape index (κ1) is 33.3. The maximum Gasteiger partial charge on any atom is 0.118 e. The van der Waals surface area contributed by atoms with Crippen LogP contribution < -0.4 is 9.47 Å². The molecule has 2 atom stereocenters. The van der Waals surface area contributed by atoms with Crippen LogP contribution in [0.3, 0.4) is 0 Å². The second-order valence-corrected chi connectivity index (χ2v) is 11.1. The van der Waals surface area contributed by atoms with E-state index in [0.29, 0.717) is 0 Å². The molecule has 40 heavy (non-hydrogen) atoms. The Kier molecular flexibility index (Phi) is 16.7. The zero-order valence-corrected chi connectivity index (χ0v) is 25.7. The third-order valence-electron chi connectivity index (χ3n) is 8.16. The minimum absolute atomic E-state index is 0.164. The lowest BCUT2D eigenvalue weighted by atomic mass is 9.73. The van der Waals surface area contributed by atoms with Crippen molar-refractivity contribution in [3.05, 3.63) is 59.7 Å². The van der Waals surface area contributed by atoms with Gasteiger partial charge >= 0.3 is 0 Å². The Bertz CT molecular complexity index is 981. The highest BCUT2D eigenvalue weighted by Gasteiger charge is 2.31. The fourth-order valence-electron chi connectivity index (χ4n) is 5.60. The van der Waals surface area contributed by atoms with E-state index in [0.717, 1.165) is 62.0 Å². The van der Waals surface area contributed by atoms with E-state index >= 15 is 0 Å². The summed E-state index contributed by atoms with van der Waals surface area (Å²) in [6, 6.07) is 19.3. The third kappa shape index (κ3) is 12.1.